The highest BCUT2D eigenvalue weighted by molar-refractivity contribution is 6.10. The van der Waals surface area contributed by atoms with Crippen molar-refractivity contribution in [3.8, 4) is 5.69 Å². The molecule has 0 unspecified atom stereocenters. The van der Waals surface area contributed by atoms with Gasteiger partial charge in [0.1, 0.15) is 5.82 Å². The SMILES string of the molecule is CCn1nc(C)c(NC(C)=O)c1C(=O)N(C)c1cc(C)nn1-c1ccccc1. The van der Waals surface area contributed by atoms with E-state index < -0.39 is 0 Å². The minimum absolute atomic E-state index is 0.249. The molecule has 0 saturated heterocycles. The van der Waals surface area contributed by atoms with E-state index in [0.29, 0.717) is 29.4 Å². The van der Waals surface area contributed by atoms with Crippen molar-refractivity contribution in [2.75, 3.05) is 17.3 Å². The fourth-order valence-corrected chi connectivity index (χ4v) is 3.10. The first-order chi connectivity index (χ1) is 13.3. The zero-order valence-electron chi connectivity index (χ0n) is 16.7. The van der Waals surface area contributed by atoms with Crippen LogP contribution in [0.5, 0.6) is 0 Å². The standard InChI is InChI=1S/C20H24N6O2/c1-6-25-19(18(14(3)23-25)21-15(4)27)20(28)24(5)17-12-13(2)22-26(17)16-10-8-7-9-11-16/h7-12H,6H2,1-5H3,(H,21,27). The number of rotatable bonds is 5. The van der Waals surface area contributed by atoms with Crippen LogP contribution in [0.15, 0.2) is 36.4 Å². The quantitative estimate of drug-likeness (QED) is 0.737. The van der Waals surface area contributed by atoms with E-state index in [1.54, 1.807) is 23.3 Å². The molecule has 3 aromatic rings. The lowest BCUT2D eigenvalue weighted by Gasteiger charge is -2.20. The lowest BCUT2D eigenvalue weighted by atomic mass is 10.2. The Morgan fingerprint density at radius 2 is 1.82 bits per heavy atom. The molecular weight excluding hydrogens is 356 g/mol. The maximum atomic E-state index is 13.4. The Balaban J connectivity index is 2.07. The maximum absolute atomic E-state index is 13.4. The van der Waals surface area contributed by atoms with E-state index in [1.165, 1.54) is 11.8 Å². The molecule has 0 aliphatic rings. The van der Waals surface area contributed by atoms with Gasteiger partial charge in [-0.1, -0.05) is 18.2 Å². The molecule has 0 spiro atoms. The van der Waals surface area contributed by atoms with Crippen molar-refractivity contribution in [1.29, 1.82) is 0 Å². The number of carbonyl (C=O) groups is 2. The third kappa shape index (κ3) is 3.53. The topological polar surface area (TPSA) is 85.1 Å². The highest BCUT2D eigenvalue weighted by Crippen LogP contribution is 2.26. The van der Waals surface area contributed by atoms with Crippen LogP contribution in [-0.2, 0) is 11.3 Å². The monoisotopic (exact) mass is 380 g/mol. The van der Waals surface area contributed by atoms with Gasteiger partial charge in [0.05, 0.1) is 22.8 Å². The minimum Gasteiger partial charge on any atom is -0.323 e. The number of nitrogens with zero attached hydrogens (tertiary/aromatic N) is 5. The average molecular weight is 380 g/mol. The van der Waals surface area contributed by atoms with Gasteiger partial charge in [0.15, 0.2) is 5.69 Å². The summed E-state index contributed by atoms with van der Waals surface area (Å²) in [6.07, 6.45) is 0. The summed E-state index contributed by atoms with van der Waals surface area (Å²) in [5.41, 5.74) is 3.03. The highest BCUT2D eigenvalue weighted by Gasteiger charge is 2.27. The fraction of sp³-hybridized carbons (Fsp3) is 0.300. The van der Waals surface area contributed by atoms with E-state index in [2.05, 4.69) is 15.5 Å². The first-order valence-electron chi connectivity index (χ1n) is 9.08. The van der Waals surface area contributed by atoms with E-state index in [9.17, 15) is 9.59 Å². The van der Waals surface area contributed by atoms with Crippen molar-refractivity contribution in [2.24, 2.45) is 0 Å². The van der Waals surface area contributed by atoms with Crippen LogP contribution in [0.25, 0.3) is 5.69 Å². The number of carbonyl (C=O) groups excluding carboxylic acids is 2. The van der Waals surface area contributed by atoms with Gasteiger partial charge < -0.3 is 5.32 Å². The number of amides is 2. The summed E-state index contributed by atoms with van der Waals surface area (Å²) < 4.78 is 3.33. The molecule has 28 heavy (non-hydrogen) atoms. The molecule has 8 heteroatoms. The molecule has 1 N–H and O–H groups in total. The van der Waals surface area contributed by atoms with Gasteiger partial charge in [-0.15, -0.1) is 0 Å². The molecule has 2 aromatic heterocycles. The second kappa shape index (κ2) is 7.67. The first kappa shape index (κ1) is 19.3. The summed E-state index contributed by atoms with van der Waals surface area (Å²) >= 11 is 0. The van der Waals surface area contributed by atoms with E-state index in [-0.39, 0.29) is 11.8 Å². The van der Waals surface area contributed by atoms with Crippen molar-refractivity contribution < 1.29 is 9.59 Å². The number of benzene rings is 1. The summed E-state index contributed by atoms with van der Waals surface area (Å²) in [7, 11) is 1.69. The van der Waals surface area contributed by atoms with Crippen LogP contribution in [0, 0.1) is 13.8 Å². The van der Waals surface area contributed by atoms with Crippen LogP contribution in [0.1, 0.15) is 35.7 Å². The molecule has 1 aromatic carbocycles. The van der Waals surface area contributed by atoms with Gasteiger partial charge in [0, 0.05) is 26.6 Å². The highest BCUT2D eigenvalue weighted by atomic mass is 16.2. The Labute approximate surface area is 163 Å². The largest absolute Gasteiger partial charge is 0.323 e. The number of aryl methyl sites for hydroxylation is 3. The summed E-state index contributed by atoms with van der Waals surface area (Å²) in [6.45, 7) is 7.47. The molecule has 0 saturated carbocycles. The van der Waals surface area contributed by atoms with Crippen LogP contribution >= 0.6 is 0 Å². The molecule has 8 nitrogen and oxygen atoms in total. The fourth-order valence-electron chi connectivity index (χ4n) is 3.10. The molecule has 3 rings (SSSR count). The van der Waals surface area contributed by atoms with Crippen LogP contribution in [0.3, 0.4) is 0 Å². The number of anilines is 2. The van der Waals surface area contributed by atoms with E-state index in [4.69, 9.17) is 0 Å². The predicted octanol–water partition coefficient (Wildman–Crippen LogP) is 2.94. The lowest BCUT2D eigenvalue weighted by Crippen LogP contribution is -2.31. The predicted molar refractivity (Wildman–Crippen MR) is 108 cm³/mol. The number of aromatic nitrogens is 4. The van der Waals surface area contributed by atoms with Gasteiger partial charge in [0.25, 0.3) is 5.91 Å². The number of para-hydroxylation sites is 1. The molecule has 2 amide bonds. The first-order valence-corrected chi connectivity index (χ1v) is 9.08. The lowest BCUT2D eigenvalue weighted by molar-refractivity contribution is -0.114. The summed E-state index contributed by atoms with van der Waals surface area (Å²) in [5, 5.41) is 11.7. The Hall–Kier alpha value is -3.42. The zero-order chi connectivity index (χ0) is 20.4. The molecular formula is C20H24N6O2. The Morgan fingerprint density at radius 3 is 2.43 bits per heavy atom. The molecule has 0 aliphatic carbocycles. The number of hydrogen-bond donors (Lipinski definition) is 1. The van der Waals surface area contributed by atoms with Crippen LogP contribution in [0.4, 0.5) is 11.5 Å². The van der Waals surface area contributed by atoms with Gasteiger partial charge in [-0.25, -0.2) is 4.68 Å². The Kier molecular flexibility index (Phi) is 5.30. The van der Waals surface area contributed by atoms with Gasteiger partial charge in [-0.3, -0.25) is 19.2 Å². The Morgan fingerprint density at radius 1 is 1.14 bits per heavy atom. The van der Waals surface area contributed by atoms with Crippen LogP contribution in [0.2, 0.25) is 0 Å². The molecule has 0 atom stereocenters. The molecule has 2 heterocycles. The van der Waals surface area contributed by atoms with E-state index in [0.717, 1.165) is 11.4 Å². The van der Waals surface area contributed by atoms with Crippen molar-refractivity contribution in [1.82, 2.24) is 19.6 Å². The second-order valence-corrected chi connectivity index (χ2v) is 6.56. The van der Waals surface area contributed by atoms with E-state index >= 15 is 0 Å². The number of nitrogens with one attached hydrogen (secondary N) is 1. The second-order valence-electron chi connectivity index (χ2n) is 6.56. The smallest absolute Gasteiger partial charge is 0.279 e. The van der Waals surface area contributed by atoms with Crippen molar-refractivity contribution >= 4 is 23.3 Å². The van der Waals surface area contributed by atoms with Crippen LogP contribution in [-0.4, -0.2) is 38.4 Å². The van der Waals surface area contributed by atoms with Crippen molar-refractivity contribution in [2.45, 2.75) is 34.2 Å². The molecule has 0 fully saturated rings. The molecule has 0 bridgehead atoms. The summed E-state index contributed by atoms with van der Waals surface area (Å²) in [4.78, 5) is 26.6. The Bertz CT molecular complexity index is 1020. The van der Waals surface area contributed by atoms with Gasteiger partial charge >= 0.3 is 0 Å². The van der Waals surface area contributed by atoms with Gasteiger partial charge in [0.2, 0.25) is 5.91 Å². The third-order valence-electron chi connectivity index (χ3n) is 4.39. The van der Waals surface area contributed by atoms with Crippen LogP contribution < -0.4 is 10.2 Å². The van der Waals surface area contributed by atoms with Gasteiger partial charge in [-0.2, -0.15) is 10.2 Å². The summed E-state index contributed by atoms with van der Waals surface area (Å²) in [5.74, 6) is 0.105. The number of hydrogen-bond acceptors (Lipinski definition) is 4. The van der Waals surface area contributed by atoms with Crippen molar-refractivity contribution in [3.05, 3.63) is 53.5 Å². The van der Waals surface area contributed by atoms with Gasteiger partial charge in [-0.05, 0) is 32.9 Å². The zero-order valence-corrected chi connectivity index (χ0v) is 16.7. The third-order valence-corrected chi connectivity index (χ3v) is 4.39. The van der Waals surface area contributed by atoms with Crippen molar-refractivity contribution in [3.63, 3.8) is 0 Å². The average Bonchev–Trinajstić information content (AvgIpc) is 3.21. The minimum atomic E-state index is -0.275. The molecule has 0 aliphatic heterocycles. The molecule has 146 valence electrons. The molecule has 0 radical (unpaired) electrons. The van der Waals surface area contributed by atoms with E-state index in [1.807, 2.05) is 50.2 Å². The maximum Gasteiger partial charge on any atom is 0.279 e. The normalized spacial score (nSPS) is 10.8. The summed E-state index contributed by atoms with van der Waals surface area (Å²) in [6, 6.07) is 11.5.